The van der Waals surface area contributed by atoms with Crippen LogP contribution < -0.4 is 5.32 Å². The lowest BCUT2D eigenvalue weighted by Crippen LogP contribution is -2.44. The van der Waals surface area contributed by atoms with Gasteiger partial charge in [-0.3, -0.25) is 0 Å². The number of amides is 1. The predicted octanol–water partition coefficient (Wildman–Crippen LogP) is 12.1. The maximum absolute atomic E-state index is 13.9. The lowest BCUT2D eigenvalue weighted by Gasteiger charge is -2.40. The molecule has 0 fully saturated rings. The molecule has 8 atom stereocenters. The third-order valence-electron chi connectivity index (χ3n) is 11.2. The fraction of sp³-hybridized carbons (Fsp3) is 0.604. The Morgan fingerprint density at radius 2 is 1.71 bits per heavy atom. The average Bonchev–Trinajstić information content (AvgIpc) is 3.63. The van der Waals surface area contributed by atoms with Crippen LogP contribution in [0.25, 0.3) is 0 Å². The van der Waals surface area contributed by atoms with E-state index in [9.17, 15) is 14.7 Å². The van der Waals surface area contributed by atoms with Gasteiger partial charge in [0.1, 0.15) is 5.01 Å². The van der Waals surface area contributed by atoms with Gasteiger partial charge in [-0.2, -0.15) is 0 Å². The Morgan fingerprint density at radius 1 is 1.05 bits per heavy atom. The van der Waals surface area contributed by atoms with Gasteiger partial charge in [0.2, 0.25) is 0 Å². The lowest BCUT2D eigenvalue weighted by molar-refractivity contribution is -0.146. The van der Waals surface area contributed by atoms with Crippen LogP contribution in [0.2, 0.25) is 18.1 Å². The van der Waals surface area contributed by atoms with E-state index in [1.807, 2.05) is 69.5 Å². The first-order chi connectivity index (χ1) is 27.4. The highest BCUT2D eigenvalue weighted by molar-refractivity contribution is 7.09. The number of esters is 1. The fourth-order valence-corrected chi connectivity index (χ4v) is 8.76. The minimum absolute atomic E-state index is 0.0229. The number of aromatic nitrogens is 1. The van der Waals surface area contributed by atoms with Gasteiger partial charge < -0.3 is 29.1 Å². The zero-order valence-corrected chi connectivity index (χ0v) is 41.0. The van der Waals surface area contributed by atoms with Crippen molar-refractivity contribution in [2.75, 3.05) is 14.2 Å². The molecule has 1 aliphatic heterocycles. The van der Waals surface area contributed by atoms with Gasteiger partial charge >= 0.3 is 12.1 Å². The quantitative estimate of drug-likeness (QED) is 0.151. The van der Waals surface area contributed by atoms with E-state index in [-0.39, 0.29) is 40.9 Å². The second-order valence-corrected chi connectivity index (χ2v) is 24.0. The summed E-state index contributed by atoms with van der Waals surface area (Å²) in [5, 5.41) is 16.3. The number of allylic oxidation sites excluding steroid dienone is 8. The van der Waals surface area contributed by atoms with Crippen LogP contribution >= 0.6 is 11.3 Å². The topological polar surface area (TPSA) is 116 Å². The van der Waals surface area contributed by atoms with E-state index >= 15 is 0 Å². The molecule has 1 aromatic rings. The highest BCUT2D eigenvalue weighted by Crippen LogP contribution is 2.39. The number of hydrogen-bond donors (Lipinski definition) is 2. The molecule has 0 aliphatic carbocycles. The monoisotopic (exact) mass is 853 g/mol. The summed E-state index contributed by atoms with van der Waals surface area (Å²) in [4.78, 5) is 31.1. The molecule has 1 aliphatic rings. The smallest absolute Gasteiger partial charge is 0.407 e. The van der Waals surface area contributed by atoms with Crippen molar-refractivity contribution in [2.24, 2.45) is 23.7 Å². The molecule has 0 saturated carbocycles. The third kappa shape index (κ3) is 16.6. The van der Waals surface area contributed by atoms with Gasteiger partial charge in [-0.25, -0.2) is 14.6 Å². The number of thiazole rings is 1. The van der Waals surface area contributed by atoms with Gasteiger partial charge in [-0.15, -0.1) is 11.3 Å². The molecular formula is C48H76N2O7SSi. The molecule has 2 N–H and O–H groups in total. The van der Waals surface area contributed by atoms with Gasteiger partial charge in [0, 0.05) is 42.9 Å². The number of hydrogen-bond acceptors (Lipinski definition) is 9. The molecule has 2 rings (SSSR count). The fourth-order valence-electron chi connectivity index (χ4n) is 6.56. The van der Waals surface area contributed by atoms with Crippen molar-refractivity contribution in [2.45, 2.75) is 152 Å². The Morgan fingerprint density at radius 3 is 2.31 bits per heavy atom. The molecule has 0 unspecified atom stereocenters. The van der Waals surface area contributed by atoms with Gasteiger partial charge in [0.25, 0.3) is 0 Å². The lowest BCUT2D eigenvalue weighted by atomic mass is 9.91. The number of carbonyl (C=O) groups is 2. The zero-order valence-electron chi connectivity index (χ0n) is 39.1. The molecule has 330 valence electrons. The molecule has 9 nitrogen and oxygen atoms in total. The number of methoxy groups -OCH3 is 1. The molecule has 11 heteroatoms. The Bertz CT molecular complexity index is 1760. The maximum atomic E-state index is 13.9. The van der Waals surface area contributed by atoms with E-state index in [0.29, 0.717) is 29.1 Å². The summed E-state index contributed by atoms with van der Waals surface area (Å²) in [6.07, 6.45) is 16.3. The van der Waals surface area contributed by atoms with Crippen LogP contribution in [0, 0.1) is 23.7 Å². The largest absolute Gasteiger partial charge is 0.452 e. The second kappa shape index (κ2) is 23.6. The van der Waals surface area contributed by atoms with Crippen molar-refractivity contribution >= 4 is 31.7 Å². The molecule has 0 aromatic carbocycles. The molecule has 2 heterocycles. The van der Waals surface area contributed by atoms with E-state index in [4.69, 9.17) is 23.6 Å². The maximum Gasteiger partial charge on any atom is 0.407 e. The van der Waals surface area contributed by atoms with Crippen molar-refractivity contribution in [3.63, 3.8) is 0 Å². The van der Waals surface area contributed by atoms with E-state index < -0.39 is 38.7 Å². The van der Waals surface area contributed by atoms with Crippen molar-refractivity contribution < 1.29 is 33.3 Å². The minimum atomic E-state index is -2.15. The summed E-state index contributed by atoms with van der Waals surface area (Å²) in [5.74, 6) is -0.633. The number of nitrogens with zero attached hydrogens (tertiary/aromatic N) is 1. The van der Waals surface area contributed by atoms with Crippen LogP contribution in [0.4, 0.5) is 4.79 Å². The Balaban J connectivity index is 2.73. The van der Waals surface area contributed by atoms with Gasteiger partial charge in [0.05, 0.1) is 24.0 Å². The first-order valence-corrected chi connectivity index (χ1v) is 24.9. The number of nitrogens with one attached hydrogen (secondary N) is 1. The molecule has 0 saturated heterocycles. The van der Waals surface area contributed by atoms with Crippen LogP contribution in [-0.4, -0.2) is 62.9 Å². The molecule has 1 amide bonds. The van der Waals surface area contributed by atoms with Gasteiger partial charge in [0.15, 0.2) is 20.5 Å². The second-order valence-electron chi connectivity index (χ2n) is 18.3. The number of rotatable bonds is 8. The minimum Gasteiger partial charge on any atom is -0.452 e. The van der Waals surface area contributed by atoms with Crippen molar-refractivity contribution in [3.05, 3.63) is 98.6 Å². The van der Waals surface area contributed by atoms with E-state index in [2.05, 4.69) is 92.0 Å². The summed E-state index contributed by atoms with van der Waals surface area (Å²) in [6, 6.07) is 0. The summed E-state index contributed by atoms with van der Waals surface area (Å²) in [6.45, 7) is 31.6. The molecule has 0 radical (unpaired) electrons. The van der Waals surface area contributed by atoms with Crippen molar-refractivity contribution in [3.8, 4) is 0 Å². The Hall–Kier alpha value is -3.35. The normalized spacial score (nSPS) is 31.3. The molecule has 0 spiro atoms. The Labute approximate surface area is 362 Å². The zero-order chi connectivity index (χ0) is 44.8. The Kier molecular flexibility index (Phi) is 20.7. The van der Waals surface area contributed by atoms with Gasteiger partial charge in [-0.05, 0) is 77.1 Å². The van der Waals surface area contributed by atoms with E-state index in [1.165, 1.54) is 18.4 Å². The molecule has 59 heavy (non-hydrogen) atoms. The standard InChI is InChI=1S/C48H76N2O7SSi/c1-30(2)25-42(55-47(53)49-14)45-50-39(29-58-45)44-35(7)20-18-19-34(6)43(54-15)38(10)40(51)24-22-31(3)26-33(5)27-37(9)41(57-59(16,17)48(11,12)13)28-32(4)21-23-36(8)46(52)56-44/h18-20,22-24,26-30,35,37-38,40-44,51H,21,25H2,1-17H3,(H,49,53)/b20-18+,24-22+,31-26+,32-28+,33-27-,34-19+,36-23+/t35-,37-,38-,40+,41+,42-,43+,44-/m0/s1. The summed E-state index contributed by atoms with van der Waals surface area (Å²) < 4.78 is 25.0. The van der Waals surface area contributed by atoms with Crippen LogP contribution in [-0.2, 0) is 23.4 Å². The highest BCUT2D eigenvalue weighted by Gasteiger charge is 2.39. The summed E-state index contributed by atoms with van der Waals surface area (Å²) >= 11 is 1.39. The first kappa shape index (κ1) is 51.8. The van der Waals surface area contributed by atoms with Gasteiger partial charge in [-0.1, -0.05) is 127 Å². The van der Waals surface area contributed by atoms with Crippen LogP contribution in [0.1, 0.15) is 126 Å². The molecule has 1 aromatic heterocycles. The summed E-state index contributed by atoms with van der Waals surface area (Å²) in [5.41, 5.74) is 5.25. The SMILES string of the molecule is CNC(=O)O[C@@H](CC(C)C)c1nc([C@H]2OC(=O)/C(C)=C/C/C(C)=C/[C@@H](O[Si](C)(C)C(C)(C)C)[C@@H](C)\C=C(C)/C=C(C)/C=C/[C@@H](O)[C@H](C)[C@H](OC)/C(C)=C/C=C/[C@@H]2C)cs1. The molecular weight excluding hydrogens is 777 g/mol. The highest BCUT2D eigenvalue weighted by atomic mass is 32.1. The summed E-state index contributed by atoms with van der Waals surface area (Å²) in [7, 11) is 1.03. The third-order valence-corrected chi connectivity index (χ3v) is 16.7. The van der Waals surface area contributed by atoms with E-state index in [1.54, 1.807) is 14.0 Å². The number of alkyl carbamates (subject to hydrolysis) is 1. The van der Waals surface area contributed by atoms with Crippen LogP contribution in [0.15, 0.2) is 87.9 Å². The van der Waals surface area contributed by atoms with Crippen LogP contribution in [0.5, 0.6) is 0 Å². The number of aliphatic hydroxyl groups is 1. The van der Waals surface area contributed by atoms with Crippen molar-refractivity contribution in [1.29, 1.82) is 0 Å². The van der Waals surface area contributed by atoms with Crippen molar-refractivity contribution in [1.82, 2.24) is 10.3 Å². The van der Waals surface area contributed by atoms with Crippen LogP contribution in [0.3, 0.4) is 0 Å². The first-order valence-electron chi connectivity index (χ1n) is 21.1. The number of cyclic esters (lactones) is 1. The number of carbonyl (C=O) groups excluding carboxylic acids is 2. The predicted molar refractivity (Wildman–Crippen MR) is 247 cm³/mol. The molecule has 0 bridgehead atoms. The van der Waals surface area contributed by atoms with E-state index in [0.717, 1.165) is 22.3 Å². The average molecular weight is 853 g/mol. The number of aliphatic hydroxyl groups excluding tert-OH is 1. The number of ether oxygens (including phenoxy) is 3.